The highest BCUT2D eigenvalue weighted by molar-refractivity contribution is 5.76. The molecule has 3 fully saturated rings. The van der Waals surface area contributed by atoms with Gasteiger partial charge in [0.1, 0.15) is 73.2 Å². The lowest BCUT2D eigenvalue weighted by Crippen LogP contribution is -2.66. The Balaban J connectivity index is 1.31. The van der Waals surface area contributed by atoms with Gasteiger partial charge >= 0.3 is 0 Å². The molecule has 3 aliphatic rings. The van der Waals surface area contributed by atoms with E-state index in [0.717, 1.165) is 51.4 Å². The molecule has 3 saturated heterocycles. The Morgan fingerprint density at radius 1 is 0.343 bits per heavy atom. The van der Waals surface area contributed by atoms with Gasteiger partial charge < -0.3 is 89.9 Å². The van der Waals surface area contributed by atoms with Crippen LogP contribution in [0.15, 0.2) is 24.3 Å². The lowest BCUT2D eigenvalue weighted by molar-refractivity contribution is -0.379. The zero-order chi connectivity index (χ0) is 76.0. The molecule has 3 heterocycles. The first kappa shape index (κ1) is 97.5. The van der Waals surface area contributed by atoms with E-state index < -0.39 is 124 Å². The number of carbonyl (C=O) groups excluding carboxylic acids is 1. The van der Waals surface area contributed by atoms with E-state index in [1.54, 1.807) is 0 Å². The summed E-state index contributed by atoms with van der Waals surface area (Å²) in [5.41, 5.74) is 0. The summed E-state index contributed by atoms with van der Waals surface area (Å²) in [6, 6.07) is -0.886. The van der Waals surface area contributed by atoms with Gasteiger partial charge in [0, 0.05) is 6.42 Å². The van der Waals surface area contributed by atoms with E-state index >= 15 is 0 Å². The molecule has 19 heteroatoms. The van der Waals surface area contributed by atoms with Crippen molar-refractivity contribution in [2.45, 2.75) is 491 Å². The quantitative estimate of drug-likeness (QED) is 0.0199. The van der Waals surface area contributed by atoms with E-state index in [-0.39, 0.29) is 18.9 Å². The minimum atomic E-state index is -1.97. The topological polar surface area (TPSA) is 307 Å². The predicted octanol–water partition coefficient (Wildman–Crippen LogP) is 16.1. The van der Waals surface area contributed by atoms with Crippen LogP contribution in [0.1, 0.15) is 386 Å². The van der Waals surface area contributed by atoms with Crippen molar-refractivity contribution < 1.29 is 89.4 Å². The van der Waals surface area contributed by atoms with Crippen molar-refractivity contribution in [3.05, 3.63) is 24.3 Å². The van der Waals surface area contributed by atoms with E-state index in [0.29, 0.717) is 12.8 Å². The summed E-state index contributed by atoms with van der Waals surface area (Å²) >= 11 is 0. The number of nitrogens with one attached hydrogen (secondary N) is 1. The fourth-order valence-electron chi connectivity index (χ4n) is 15.2. The molecule has 0 aromatic rings. The Kier molecular flexibility index (Phi) is 62.0. The van der Waals surface area contributed by atoms with Gasteiger partial charge in [0.25, 0.3) is 0 Å². The summed E-state index contributed by atoms with van der Waals surface area (Å²) in [5.74, 6) is -0.233. The van der Waals surface area contributed by atoms with Crippen molar-refractivity contribution in [1.29, 1.82) is 0 Å². The summed E-state index contributed by atoms with van der Waals surface area (Å²) in [6.07, 6.45) is 55.7. The van der Waals surface area contributed by atoms with Crippen LogP contribution >= 0.6 is 0 Å². The molecule has 0 aliphatic carbocycles. The Bertz CT molecular complexity index is 1990. The molecule has 0 aromatic heterocycles. The lowest BCUT2D eigenvalue weighted by atomic mass is 9.96. The predicted molar refractivity (Wildman–Crippen MR) is 420 cm³/mol. The van der Waals surface area contributed by atoms with Gasteiger partial charge in [-0.25, -0.2) is 0 Å². The van der Waals surface area contributed by atoms with Crippen LogP contribution in [0.25, 0.3) is 0 Å². The number of ether oxygens (including phenoxy) is 6. The second-order valence-corrected chi connectivity index (χ2v) is 31.7. The van der Waals surface area contributed by atoms with Crippen molar-refractivity contribution in [1.82, 2.24) is 5.32 Å². The molecule has 0 spiro atoms. The Labute approximate surface area is 638 Å². The summed E-state index contributed by atoms with van der Waals surface area (Å²) in [7, 11) is 0. The number of aliphatic hydroxyl groups is 11. The van der Waals surface area contributed by atoms with Crippen LogP contribution in [0.4, 0.5) is 0 Å². The average molecular weight is 1500 g/mol. The zero-order valence-corrected chi connectivity index (χ0v) is 66.7. The SMILES string of the molecule is CCCCCCC/C=C\C/C=C\CCCCCCCCCCCCCCCCCCCCCCCCCCCC(=O)NC(COC1OC(CO)C(OC2OC(CO)C(OC3OC(CO)C(O)C(O)C3O)C(O)C2O)C(O)C1O)C(O)CCCCCCCCCCCCCCCCCCCCCCCCC. The molecule has 0 aromatic carbocycles. The normalized spacial score (nSPS) is 25.8. The number of rotatable bonds is 72. The van der Waals surface area contributed by atoms with Gasteiger partial charge in [-0.2, -0.15) is 0 Å². The Morgan fingerprint density at radius 3 is 0.971 bits per heavy atom. The number of hydrogen-bond donors (Lipinski definition) is 12. The molecule has 620 valence electrons. The number of aliphatic hydroxyl groups excluding tert-OH is 11. The van der Waals surface area contributed by atoms with E-state index in [2.05, 4.69) is 43.5 Å². The maximum atomic E-state index is 13.5. The summed E-state index contributed by atoms with van der Waals surface area (Å²) in [5, 5.41) is 121. The smallest absolute Gasteiger partial charge is 0.220 e. The van der Waals surface area contributed by atoms with E-state index in [4.69, 9.17) is 28.4 Å². The van der Waals surface area contributed by atoms with Gasteiger partial charge in [-0.1, -0.05) is 359 Å². The molecule has 17 atom stereocenters. The number of amides is 1. The molecule has 3 rings (SSSR count). The van der Waals surface area contributed by atoms with Crippen molar-refractivity contribution in [2.24, 2.45) is 0 Å². The highest BCUT2D eigenvalue weighted by Crippen LogP contribution is 2.34. The van der Waals surface area contributed by atoms with Crippen molar-refractivity contribution in [3.8, 4) is 0 Å². The highest BCUT2D eigenvalue weighted by Gasteiger charge is 2.54. The van der Waals surface area contributed by atoms with Gasteiger partial charge in [0.05, 0.1) is 38.6 Å². The van der Waals surface area contributed by atoms with Crippen molar-refractivity contribution >= 4 is 5.91 Å². The Morgan fingerprint density at radius 2 is 0.629 bits per heavy atom. The first-order valence-corrected chi connectivity index (χ1v) is 44.1. The molecular formula is C86H163NO18. The molecule has 17 unspecified atom stereocenters. The highest BCUT2D eigenvalue weighted by atomic mass is 16.8. The van der Waals surface area contributed by atoms with Crippen LogP contribution < -0.4 is 5.32 Å². The molecule has 105 heavy (non-hydrogen) atoms. The van der Waals surface area contributed by atoms with Crippen LogP contribution in [0.2, 0.25) is 0 Å². The van der Waals surface area contributed by atoms with Gasteiger partial charge in [0.2, 0.25) is 5.91 Å². The number of allylic oxidation sites excluding steroid dienone is 4. The largest absolute Gasteiger partial charge is 0.394 e. The van der Waals surface area contributed by atoms with Crippen LogP contribution in [-0.4, -0.2) is 193 Å². The average Bonchev–Trinajstić information content (AvgIpc) is 0.779. The maximum Gasteiger partial charge on any atom is 0.220 e. The number of hydrogen-bond acceptors (Lipinski definition) is 18. The first-order chi connectivity index (χ1) is 51.3. The third-order valence-corrected chi connectivity index (χ3v) is 22.3. The minimum Gasteiger partial charge on any atom is -0.394 e. The fraction of sp³-hybridized carbons (Fsp3) is 0.942. The van der Waals surface area contributed by atoms with Gasteiger partial charge in [-0.05, 0) is 44.9 Å². The lowest BCUT2D eigenvalue weighted by Gasteiger charge is -2.48. The minimum absolute atomic E-state index is 0.233. The van der Waals surface area contributed by atoms with Crippen LogP contribution in [0.5, 0.6) is 0 Å². The number of unbranched alkanes of at least 4 members (excludes halogenated alkanes) is 52. The maximum absolute atomic E-state index is 13.5. The van der Waals surface area contributed by atoms with Crippen molar-refractivity contribution in [2.75, 3.05) is 26.4 Å². The molecule has 12 N–H and O–H groups in total. The monoisotopic (exact) mass is 1500 g/mol. The summed E-state index contributed by atoms with van der Waals surface area (Å²) in [6.45, 7) is 1.86. The van der Waals surface area contributed by atoms with Crippen molar-refractivity contribution in [3.63, 3.8) is 0 Å². The van der Waals surface area contributed by atoms with Crippen LogP contribution in [0.3, 0.4) is 0 Å². The molecular weight excluding hydrogens is 1330 g/mol. The fourth-order valence-corrected chi connectivity index (χ4v) is 15.2. The molecule has 1 amide bonds. The third kappa shape index (κ3) is 46.1. The molecule has 0 saturated carbocycles. The molecule has 19 nitrogen and oxygen atoms in total. The molecule has 0 bridgehead atoms. The zero-order valence-electron chi connectivity index (χ0n) is 66.7. The number of carbonyl (C=O) groups is 1. The standard InChI is InChI=1S/C86H163NO18/c1-3-5-7-9-11-13-15-17-19-21-23-25-27-28-29-30-31-32-33-34-35-36-37-38-39-40-42-44-46-48-50-52-54-56-58-60-62-64-74(92)87-69(70(91)63-61-59-57-55-53-51-49-47-45-43-41-26-24-22-20-18-16-14-12-10-8-6-4-2)68-100-84-80(98)77(95)82(72(66-89)102-84)105-86-81(99)78(96)83(73(67-90)103-86)104-85-79(97)76(94)75(93)71(65-88)101-85/h15,17,21,23,69-73,75-86,88-91,93-99H,3-14,16,18-20,22,24-68H2,1-2H3,(H,87,92)/b17-15-,23-21-. The second kappa shape index (κ2) is 66.8. The first-order valence-electron chi connectivity index (χ1n) is 44.1. The third-order valence-electron chi connectivity index (χ3n) is 22.3. The van der Waals surface area contributed by atoms with Crippen LogP contribution in [0, 0.1) is 0 Å². The van der Waals surface area contributed by atoms with E-state index in [9.17, 15) is 61.0 Å². The molecule has 3 aliphatic heterocycles. The van der Waals surface area contributed by atoms with E-state index in [1.165, 1.54) is 302 Å². The van der Waals surface area contributed by atoms with Gasteiger partial charge in [-0.3, -0.25) is 4.79 Å². The Hall–Kier alpha value is -1.73. The van der Waals surface area contributed by atoms with Crippen LogP contribution in [-0.2, 0) is 33.2 Å². The summed E-state index contributed by atoms with van der Waals surface area (Å²) < 4.78 is 34.6. The van der Waals surface area contributed by atoms with E-state index in [1.807, 2.05) is 0 Å². The van der Waals surface area contributed by atoms with Gasteiger partial charge in [0.15, 0.2) is 18.9 Å². The summed E-state index contributed by atoms with van der Waals surface area (Å²) in [4.78, 5) is 13.5. The molecule has 0 radical (unpaired) electrons. The second-order valence-electron chi connectivity index (χ2n) is 31.7. The van der Waals surface area contributed by atoms with Gasteiger partial charge in [-0.15, -0.1) is 0 Å².